The molecule has 0 spiro atoms. The first-order chi connectivity index (χ1) is 14.1. The van der Waals surface area contributed by atoms with Crippen LogP contribution < -0.4 is 0 Å². The summed E-state index contributed by atoms with van der Waals surface area (Å²) in [5.74, 6) is 2.92. The van der Waals surface area contributed by atoms with Crippen molar-refractivity contribution in [3.8, 4) is 0 Å². The maximum atomic E-state index is 14.1. The van der Waals surface area contributed by atoms with E-state index in [1.165, 1.54) is 56.0 Å². The monoisotopic (exact) mass is 390 g/mol. The zero-order valence-electron chi connectivity index (χ0n) is 17.8. The number of benzene rings is 1. The minimum Gasteiger partial charge on any atom is -0.342 e. The van der Waals surface area contributed by atoms with Crippen molar-refractivity contribution in [2.75, 3.05) is 20.1 Å². The van der Waals surface area contributed by atoms with Gasteiger partial charge in [-0.3, -0.25) is 4.79 Å². The summed E-state index contributed by atoms with van der Waals surface area (Å²) >= 11 is 0. The Labute approximate surface area is 174 Å². The Morgan fingerprint density at radius 2 is 1.69 bits per heavy atom. The topological polar surface area (TPSA) is 25.2 Å². The molecule has 1 atom stereocenters. The van der Waals surface area contributed by atoms with Gasteiger partial charge in [0.2, 0.25) is 0 Å². The summed E-state index contributed by atoms with van der Waals surface area (Å²) in [5.41, 5.74) is 2.24. The van der Waals surface area contributed by atoms with Crippen molar-refractivity contribution in [1.82, 2.24) is 9.47 Å². The minimum absolute atomic E-state index is 0.0516. The molecule has 4 bridgehead atoms. The van der Waals surface area contributed by atoms with Gasteiger partial charge in [-0.2, -0.15) is 0 Å². The van der Waals surface area contributed by atoms with E-state index in [1.807, 2.05) is 0 Å². The third-order valence-electron chi connectivity index (χ3n) is 8.75. The Bertz CT molecular complexity index is 906. The molecule has 5 aliphatic rings. The molecule has 1 aliphatic heterocycles. The summed E-state index contributed by atoms with van der Waals surface area (Å²) in [6.45, 7) is 2.28. The van der Waals surface area contributed by atoms with E-state index in [4.69, 9.17) is 0 Å². The standard InChI is InChI=1S/C26H34N2O/c1-27-9-5-4-6-21(16-27)28-17-23(22-7-2-3-8-24(22)28)25(29)26-13-18-10-19(14-26)12-20(11-18)15-26/h2-3,7-8,17-21H,4-6,9-16H2,1H3. The number of carbonyl (C=O) groups excluding carboxylic acids is 1. The molecule has 1 unspecified atom stereocenters. The van der Waals surface area contributed by atoms with Crippen LogP contribution in [0.3, 0.4) is 0 Å². The van der Waals surface area contributed by atoms with Gasteiger partial charge in [-0.05, 0) is 88.8 Å². The number of fused-ring (bicyclic) bond motifs is 1. The number of Topliss-reactive ketones (excluding diaryl/α,β-unsaturated/α-hetero) is 1. The Kier molecular flexibility index (Phi) is 4.20. The van der Waals surface area contributed by atoms with Gasteiger partial charge in [0.05, 0.1) is 0 Å². The summed E-state index contributed by atoms with van der Waals surface area (Å²) in [6.07, 6.45) is 13.7. The second kappa shape index (κ2) is 6.70. The first-order valence-electron chi connectivity index (χ1n) is 11.9. The van der Waals surface area contributed by atoms with Crippen LogP contribution in [0, 0.1) is 23.2 Å². The van der Waals surface area contributed by atoms with Crippen molar-refractivity contribution in [3.05, 3.63) is 36.0 Å². The number of hydrogen-bond donors (Lipinski definition) is 0. The number of para-hydroxylation sites is 1. The van der Waals surface area contributed by atoms with E-state index >= 15 is 0 Å². The first-order valence-corrected chi connectivity index (χ1v) is 11.9. The summed E-state index contributed by atoms with van der Waals surface area (Å²) in [4.78, 5) is 16.6. The maximum Gasteiger partial charge on any atom is 0.171 e. The van der Waals surface area contributed by atoms with Crippen LogP contribution in [-0.2, 0) is 0 Å². The van der Waals surface area contributed by atoms with Gasteiger partial charge in [0.1, 0.15) is 0 Å². The molecule has 1 aromatic heterocycles. The lowest BCUT2D eigenvalue weighted by Gasteiger charge is -2.55. The molecular weight excluding hydrogens is 356 g/mol. The van der Waals surface area contributed by atoms with Gasteiger partial charge in [-0.15, -0.1) is 0 Å². The van der Waals surface area contributed by atoms with Crippen LogP contribution in [0.25, 0.3) is 10.9 Å². The van der Waals surface area contributed by atoms with Crippen LogP contribution >= 0.6 is 0 Å². The quantitative estimate of drug-likeness (QED) is 0.628. The van der Waals surface area contributed by atoms with E-state index in [0.717, 1.165) is 49.1 Å². The number of likely N-dealkylation sites (tertiary alicyclic amines) is 1. The van der Waals surface area contributed by atoms with Crippen molar-refractivity contribution in [1.29, 1.82) is 0 Å². The van der Waals surface area contributed by atoms with Gasteiger partial charge < -0.3 is 9.47 Å². The largest absolute Gasteiger partial charge is 0.342 e. The zero-order valence-corrected chi connectivity index (χ0v) is 17.8. The molecule has 0 radical (unpaired) electrons. The van der Waals surface area contributed by atoms with E-state index in [1.54, 1.807) is 0 Å². The van der Waals surface area contributed by atoms with Gasteiger partial charge >= 0.3 is 0 Å². The fourth-order valence-corrected chi connectivity index (χ4v) is 7.89. The molecule has 4 aliphatic carbocycles. The van der Waals surface area contributed by atoms with Gasteiger partial charge in [0.15, 0.2) is 5.78 Å². The van der Waals surface area contributed by atoms with E-state index in [0.29, 0.717) is 11.8 Å². The molecule has 0 N–H and O–H groups in total. The van der Waals surface area contributed by atoms with Crippen LogP contribution in [0.5, 0.6) is 0 Å². The zero-order chi connectivity index (χ0) is 19.6. The molecule has 3 heteroatoms. The summed E-state index contributed by atoms with van der Waals surface area (Å²) < 4.78 is 2.46. The lowest BCUT2D eigenvalue weighted by molar-refractivity contribution is -0.0352. The molecule has 1 saturated heterocycles. The average molecular weight is 391 g/mol. The number of rotatable bonds is 3. The molecular formula is C26H34N2O. The van der Waals surface area contributed by atoms with E-state index in [9.17, 15) is 4.79 Å². The SMILES string of the molecule is CN1CCCCC(n2cc(C(=O)C34CC5CC(CC(C5)C3)C4)c3ccccc32)C1. The Morgan fingerprint density at radius 3 is 2.41 bits per heavy atom. The predicted molar refractivity (Wildman–Crippen MR) is 117 cm³/mol. The molecule has 154 valence electrons. The summed E-state index contributed by atoms with van der Waals surface area (Å²) in [6, 6.07) is 9.15. The molecule has 2 heterocycles. The number of nitrogens with zero attached hydrogens (tertiary/aromatic N) is 2. The molecule has 7 rings (SSSR count). The average Bonchev–Trinajstić information content (AvgIpc) is 2.94. The molecule has 3 nitrogen and oxygen atoms in total. The smallest absolute Gasteiger partial charge is 0.171 e. The Balaban J connectivity index is 1.41. The van der Waals surface area contributed by atoms with Gasteiger partial charge in [-0.1, -0.05) is 24.6 Å². The number of ketones is 1. The van der Waals surface area contributed by atoms with Crippen molar-refractivity contribution in [2.24, 2.45) is 23.2 Å². The Morgan fingerprint density at radius 1 is 1.00 bits per heavy atom. The van der Waals surface area contributed by atoms with Crippen LogP contribution in [-0.4, -0.2) is 35.4 Å². The number of likely N-dealkylation sites (N-methyl/N-ethyl adjacent to an activating group) is 1. The van der Waals surface area contributed by atoms with Crippen LogP contribution in [0.1, 0.15) is 74.2 Å². The van der Waals surface area contributed by atoms with E-state index < -0.39 is 0 Å². The number of aromatic nitrogens is 1. The third-order valence-corrected chi connectivity index (χ3v) is 8.75. The maximum absolute atomic E-state index is 14.1. The fraction of sp³-hybridized carbons (Fsp3) is 0.654. The van der Waals surface area contributed by atoms with Gasteiger partial charge in [0, 0.05) is 40.7 Å². The lowest BCUT2D eigenvalue weighted by atomic mass is 9.48. The summed E-state index contributed by atoms with van der Waals surface area (Å²) in [7, 11) is 2.24. The number of hydrogen-bond acceptors (Lipinski definition) is 2. The molecule has 2 aromatic rings. The second-order valence-electron chi connectivity index (χ2n) is 10.9. The normalized spacial score (nSPS) is 37.1. The highest BCUT2D eigenvalue weighted by atomic mass is 16.1. The molecule has 5 fully saturated rings. The number of carbonyl (C=O) groups is 1. The molecule has 1 aromatic carbocycles. The molecule has 0 amide bonds. The second-order valence-corrected chi connectivity index (χ2v) is 10.9. The van der Waals surface area contributed by atoms with Crippen molar-refractivity contribution >= 4 is 16.7 Å². The van der Waals surface area contributed by atoms with Gasteiger partial charge in [0.25, 0.3) is 0 Å². The molecule has 29 heavy (non-hydrogen) atoms. The van der Waals surface area contributed by atoms with E-state index in [-0.39, 0.29) is 5.41 Å². The highest BCUT2D eigenvalue weighted by Crippen LogP contribution is 2.61. The van der Waals surface area contributed by atoms with Crippen molar-refractivity contribution in [2.45, 2.75) is 63.8 Å². The van der Waals surface area contributed by atoms with Gasteiger partial charge in [-0.25, -0.2) is 0 Å². The highest BCUT2D eigenvalue weighted by molar-refractivity contribution is 6.11. The fourth-order valence-electron chi connectivity index (χ4n) is 7.89. The Hall–Kier alpha value is -1.61. The highest BCUT2D eigenvalue weighted by Gasteiger charge is 2.54. The predicted octanol–water partition coefficient (Wildman–Crippen LogP) is 5.70. The summed E-state index contributed by atoms with van der Waals surface area (Å²) in [5, 5.41) is 1.19. The van der Waals surface area contributed by atoms with Crippen molar-refractivity contribution < 1.29 is 4.79 Å². The third kappa shape index (κ3) is 2.91. The van der Waals surface area contributed by atoms with Crippen LogP contribution in [0.15, 0.2) is 30.5 Å². The van der Waals surface area contributed by atoms with Crippen molar-refractivity contribution in [3.63, 3.8) is 0 Å². The first kappa shape index (κ1) is 18.2. The molecule has 4 saturated carbocycles. The minimum atomic E-state index is -0.0516. The van der Waals surface area contributed by atoms with E-state index in [2.05, 4.69) is 47.0 Å². The lowest BCUT2D eigenvalue weighted by Crippen LogP contribution is -2.50. The van der Waals surface area contributed by atoms with Crippen LogP contribution in [0.2, 0.25) is 0 Å². The van der Waals surface area contributed by atoms with Crippen LogP contribution in [0.4, 0.5) is 0 Å².